The first-order valence-electron chi connectivity index (χ1n) is 6.49. The van der Waals surface area contributed by atoms with Gasteiger partial charge in [0.1, 0.15) is 4.34 Å². The number of amides is 2. The molecule has 1 aromatic rings. The van der Waals surface area contributed by atoms with E-state index in [0.29, 0.717) is 6.42 Å². The number of hydrogen-bond acceptors (Lipinski definition) is 5. The lowest BCUT2D eigenvalue weighted by molar-refractivity contribution is 0.0630. The standard InChI is InChI=1S/C12H17N3O4S2/c1-8-7-21-10(13-8)20-5-2-9-6-14(11(16)17)3-4-15(9)12(18)19/h7,9H,2-6H2,1H3,(H,16,17)(H,18,19)/t9-/m1/s1. The van der Waals surface area contributed by atoms with Gasteiger partial charge in [-0.3, -0.25) is 0 Å². The van der Waals surface area contributed by atoms with Crippen molar-refractivity contribution in [1.82, 2.24) is 14.8 Å². The van der Waals surface area contributed by atoms with Crippen LogP contribution >= 0.6 is 23.1 Å². The van der Waals surface area contributed by atoms with Crippen LogP contribution in [0.25, 0.3) is 0 Å². The van der Waals surface area contributed by atoms with E-state index in [1.807, 2.05) is 12.3 Å². The summed E-state index contributed by atoms with van der Waals surface area (Å²) in [4.78, 5) is 29.2. The summed E-state index contributed by atoms with van der Waals surface area (Å²) in [6.07, 6.45) is -1.37. The molecule has 116 valence electrons. The molecule has 2 amide bonds. The van der Waals surface area contributed by atoms with E-state index in [2.05, 4.69) is 4.98 Å². The summed E-state index contributed by atoms with van der Waals surface area (Å²) in [5.74, 6) is 0.717. The van der Waals surface area contributed by atoms with Crippen molar-refractivity contribution < 1.29 is 19.8 Å². The van der Waals surface area contributed by atoms with E-state index in [0.717, 1.165) is 15.8 Å². The fraction of sp³-hybridized carbons (Fsp3) is 0.583. The third kappa shape index (κ3) is 4.24. The topological polar surface area (TPSA) is 94.0 Å². The van der Waals surface area contributed by atoms with Crippen molar-refractivity contribution in [2.45, 2.75) is 23.7 Å². The van der Waals surface area contributed by atoms with Crippen LogP contribution in [0.2, 0.25) is 0 Å². The molecule has 1 aliphatic heterocycles. The Labute approximate surface area is 130 Å². The first-order valence-corrected chi connectivity index (χ1v) is 8.36. The largest absolute Gasteiger partial charge is 0.465 e. The second-order valence-corrected chi connectivity index (χ2v) is 6.95. The molecule has 1 aliphatic rings. The van der Waals surface area contributed by atoms with E-state index in [4.69, 9.17) is 5.11 Å². The molecule has 2 rings (SSSR count). The zero-order chi connectivity index (χ0) is 15.4. The highest BCUT2D eigenvalue weighted by atomic mass is 32.2. The van der Waals surface area contributed by atoms with Crippen LogP contribution in [0.3, 0.4) is 0 Å². The highest BCUT2D eigenvalue weighted by Gasteiger charge is 2.32. The zero-order valence-corrected chi connectivity index (χ0v) is 13.2. The SMILES string of the molecule is Cc1csc(SCC[C@@H]2CN(C(=O)O)CCN2C(=O)O)n1. The minimum absolute atomic E-state index is 0.229. The number of rotatable bonds is 4. The Bertz CT molecular complexity index is 522. The minimum atomic E-state index is -0.992. The fourth-order valence-corrected chi connectivity index (χ4v) is 4.17. The van der Waals surface area contributed by atoms with Crippen LogP contribution < -0.4 is 0 Å². The molecule has 0 radical (unpaired) electrons. The Balaban J connectivity index is 1.90. The number of carbonyl (C=O) groups is 2. The monoisotopic (exact) mass is 331 g/mol. The van der Waals surface area contributed by atoms with Gasteiger partial charge in [-0.2, -0.15) is 0 Å². The fourth-order valence-electron chi connectivity index (χ4n) is 2.21. The van der Waals surface area contributed by atoms with Crippen molar-refractivity contribution in [1.29, 1.82) is 0 Å². The van der Waals surface area contributed by atoms with E-state index >= 15 is 0 Å². The van der Waals surface area contributed by atoms with E-state index in [1.54, 1.807) is 23.1 Å². The summed E-state index contributed by atoms with van der Waals surface area (Å²) < 4.78 is 0.959. The molecular weight excluding hydrogens is 314 g/mol. The van der Waals surface area contributed by atoms with E-state index in [1.165, 1.54) is 9.80 Å². The maximum absolute atomic E-state index is 11.2. The van der Waals surface area contributed by atoms with Gasteiger partial charge in [0.25, 0.3) is 0 Å². The molecule has 9 heteroatoms. The maximum atomic E-state index is 11.2. The molecule has 0 saturated carbocycles. The van der Waals surface area contributed by atoms with Crippen LogP contribution in [0, 0.1) is 6.92 Å². The summed E-state index contributed by atoms with van der Waals surface area (Å²) in [5, 5.41) is 20.2. The van der Waals surface area contributed by atoms with Crippen LogP contribution in [0.1, 0.15) is 12.1 Å². The number of nitrogens with zero attached hydrogens (tertiary/aromatic N) is 3. The number of aromatic nitrogens is 1. The lowest BCUT2D eigenvalue weighted by Crippen LogP contribution is -2.56. The van der Waals surface area contributed by atoms with Gasteiger partial charge in [-0.25, -0.2) is 14.6 Å². The highest BCUT2D eigenvalue weighted by Crippen LogP contribution is 2.25. The third-order valence-electron chi connectivity index (χ3n) is 3.27. The molecule has 0 bridgehead atoms. The van der Waals surface area contributed by atoms with Gasteiger partial charge in [-0.05, 0) is 13.3 Å². The number of thiazole rings is 1. The molecular formula is C12H17N3O4S2. The normalized spacial score (nSPS) is 18.8. The molecule has 2 N–H and O–H groups in total. The zero-order valence-electron chi connectivity index (χ0n) is 11.6. The molecule has 0 unspecified atom stereocenters. The third-order valence-corrected chi connectivity index (χ3v) is 5.45. The van der Waals surface area contributed by atoms with Crippen molar-refractivity contribution in [2.75, 3.05) is 25.4 Å². The van der Waals surface area contributed by atoms with Crippen LogP contribution in [0.4, 0.5) is 9.59 Å². The van der Waals surface area contributed by atoms with Crippen molar-refractivity contribution in [2.24, 2.45) is 0 Å². The quantitative estimate of drug-likeness (QED) is 0.822. The number of piperazine rings is 1. The predicted molar refractivity (Wildman–Crippen MR) is 80.3 cm³/mol. The summed E-state index contributed by atoms with van der Waals surface area (Å²) >= 11 is 3.15. The van der Waals surface area contributed by atoms with E-state index in [-0.39, 0.29) is 25.7 Å². The Morgan fingerprint density at radius 2 is 2.19 bits per heavy atom. The molecule has 7 nitrogen and oxygen atoms in total. The molecule has 1 atom stereocenters. The molecule has 1 fully saturated rings. The number of hydrogen-bond donors (Lipinski definition) is 2. The summed E-state index contributed by atoms with van der Waals surface area (Å²) in [6.45, 7) is 2.63. The van der Waals surface area contributed by atoms with Gasteiger partial charge in [-0.1, -0.05) is 11.8 Å². The lowest BCUT2D eigenvalue weighted by Gasteiger charge is -2.38. The van der Waals surface area contributed by atoms with Crippen LogP contribution in [-0.2, 0) is 0 Å². The van der Waals surface area contributed by atoms with Gasteiger partial charge in [-0.15, -0.1) is 11.3 Å². The number of thioether (sulfide) groups is 1. The second-order valence-electron chi connectivity index (χ2n) is 4.75. The number of aryl methyl sites for hydroxylation is 1. The summed E-state index contributed by atoms with van der Waals surface area (Å²) in [6, 6.07) is -0.291. The van der Waals surface area contributed by atoms with Gasteiger partial charge in [0.15, 0.2) is 0 Å². The molecule has 2 heterocycles. The second kappa shape index (κ2) is 6.99. The molecule has 1 aromatic heterocycles. The van der Waals surface area contributed by atoms with Gasteiger partial charge in [0.05, 0.1) is 6.04 Å². The average molecular weight is 331 g/mol. The Kier molecular flexibility index (Phi) is 5.29. The Morgan fingerprint density at radius 1 is 1.43 bits per heavy atom. The maximum Gasteiger partial charge on any atom is 0.407 e. The van der Waals surface area contributed by atoms with Crippen LogP contribution in [-0.4, -0.2) is 68.6 Å². The first-order chi connectivity index (χ1) is 9.97. The lowest BCUT2D eigenvalue weighted by atomic mass is 10.1. The van der Waals surface area contributed by atoms with Crippen LogP contribution in [0.15, 0.2) is 9.72 Å². The van der Waals surface area contributed by atoms with Gasteiger partial charge in [0, 0.05) is 36.5 Å². The van der Waals surface area contributed by atoms with Crippen molar-refractivity contribution in [3.63, 3.8) is 0 Å². The van der Waals surface area contributed by atoms with Crippen LogP contribution in [0.5, 0.6) is 0 Å². The van der Waals surface area contributed by atoms with Gasteiger partial charge < -0.3 is 20.0 Å². The molecule has 1 saturated heterocycles. The smallest absolute Gasteiger partial charge is 0.407 e. The Morgan fingerprint density at radius 3 is 2.76 bits per heavy atom. The minimum Gasteiger partial charge on any atom is -0.465 e. The molecule has 21 heavy (non-hydrogen) atoms. The molecule has 0 aromatic carbocycles. The van der Waals surface area contributed by atoms with Gasteiger partial charge in [0.2, 0.25) is 0 Å². The highest BCUT2D eigenvalue weighted by molar-refractivity contribution is 8.01. The molecule has 0 spiro atoms. The van der Waals surface area contributed by atoms with Crippen molar-refractivity contribution >= 4 is 35.3 Å². The first kappa shape index (κ1) is 15.9. The average Bonchev–Trinajstić information content (AvgIpc) is 2.84. The van der Waals surface area contributed by atoms with Crippen molar-refractivity contribution in [3.05, 3.63) is 11.1 Å². The number of carboxylic acid groups (broad SMARTS) is 2. The summed E-state index contributed by atoms with van der Waals surface area (Å²) in [5.41, 5.74) is 0.976. The summed E-state index contributed by atoms with van der Waals surface area (Å²) in [7, 11) is 0. The predicted octanol–water partition coefficient (Wildman–Crippen LogP) is 2.28. The molecule has 0 aliphatic carbocycles. The van der Waals surface area contributed by atoms with E-state index < -0.39 is 12.2 Å². The van der Waals surface area contributed by atoms with E-state index in [9.17, 15) is 14.7 Å². The van der Waals surface area contributed by atoms with Crippen molar-refractivity contribution in [3.8, 4) is 0 Å². The van der Waals surface area contributed by atoms with Gasteiger partial charge >= 0.3 is 12.2 Å². The Hall–Kier alpha value is -1.48.